The van der Waals surface area contributed by atoms with Crippen LogP contribution in [-0.4, -0.2) is 15.0 Å². The third kappa shape index (κ3) is 1.79. The van der Waals surface area contributed by atoms with Crippen molar-refractivity contribution >= 4 is 11.0 Å². The van der Waals surface area contributed by atoms with Crippen LogP contribution in [-0.2, 0) is 5.60 Å². The number of aromatic nitrogens is 3. The van der Waals surface area contributed by atoms with Gasteiger partial charge in [-0.1, -0.05) is 11.6 Å². The van der Waals surface area contributed by atoms with Gasteiger partial charge in [0, 0.05) is 11.8 Å². The molecular formula is C17H15N3O. The van der Waals surface area contributed by atoms with E-state index in [1.54, 1.807) is 12.4 Å². The fourth-order valence-corrected chi connectivity index (χ4v) is 2.75. The zero-order valence-corrected chi connectivity index (χ0v) is 12.2. The van der Waals surface area contributed by atoms with Gasteiger partial charge in [-0.15, -0.1) is 0 Å². The molecule has 0 atom stereocenters. The number of fused-ring (bicyclic) bond motifs is 4. The van der Waals surface area contributed by atoms with Crippen LogP contribution in [0.3, 0.4) is 0 Å². The SMILES string of the molecule is Cc1ccc2c(c1)-c1nc3cnccc3nc1C(C)(C)O2. The van der Waals surface area contributed by atoms with Crippen molar-refractivity contribution in [1.82, 2.24) is 15.0 Å². The molecule has 0 saturated heterocycles. The number of ether oxygens (including phenoxy) is 1. The van der Waals surface area contributed by atoms with E-state index in [0.29, 0.717) is 0 Å². The van der Waals surface area contributed by atoms with E-state index in [0.717, 1.165) is 33.7 Å². The molecule has 21 heavy (non-hydrogen) atoms. The summed E-state index contributed by atoms with van der Waals surface area (Å²) in [6.45, 7) is 6.11. The zero-order valence-electron chi connectivity index (χ0n) is 12.2. The molecule has 0 aliphatic carbocycles. The van der Waals surface area contributed by atoms with E-state index in [2.05, 4.69) is 24.0 Å². The molecule has 0 unspecified atom stereocenters. The van der Waals surface area contributed by atoms with E-state index in [-0.39, 0.29) is 0 Å². The molecule has 104 valence electrons. The highest BCUT2D eigenvalue weighted by molar-refractivity contribution is 5.81. The molecule has 2 aromatic heterocycles. The second-order valence-electron chi connectivity index (χ2n) is 5.90. The fraction of sp³-hybridized carbons (Fsp3) is 0.235. The molecule has 0 spiro atoms. The second kappa shape index (κ2) is 4.01. The van der Waals surface area contributed by atoms with Crippen molar-refractivity contribution in [2.75, 3.05) is 0 Å². The van der Waals surface area contributed by atoms with Gasteiger partial charge < -0.3 is 4.74 Å². The van der Waals surface area contributed by atoms with Gasteiger partial charge in [0.05, 0.1) is 11.7 Å². The first-order chi connectivity index (χ1) is 10.0. The molecule has 1 aliphatic rings. The van der Waals surface area contributed by atoms with Crippen molar-refractivity contribution in [3.05, 3.63) is 47.9 Å². The molecule has 0 fully saturated rings. The van der Waals surface area contributed by atoms with Crippen molar-refractivity contribution in [3.8, 4) is 17.0 Å². The molecule has 4 rings (SSSR count). The molecule has 0 amide bonds. The number of aryl methyl sites for hydroxylation is 1. The maximum Gasteiger partial charge on any atom is 0.147 e. The Labute approximate surface area is 122 Å². The molecule has 1 aromatic carbocycles. The van der Waals surface area contributed by atoms with Crippen LogP contribution in [0.2, 0.25) is 0 Å². The van der Waals surface area contributed by atoms with E-state index in [1.165, 1.54) is 5.56 Å². The van der Waals surface area contributed by atoms with Crippen LogP contribution in [0, 0.1) is 6.92 Å². The van der Waals surface area contributed by atoms with Gasteiger partial charge in [-0.05, 0) is 39.0 Å². The molecule has 0 saturated carbocycles. The van der Waals surface area contributed by atoms with Gasteiger partial charge in [-0.2, -0.15) is 0 Å². The predicted molar refractivity (Wildman–Crippen MR) is 81.2 cm³/mol. The molecule has 0 bridgehead atoms. The highest BCUT2D eigenvalue weighted by Gasteiger charge is 2.35. The number of rotatable bonds is 0. The lowest BCUT2D eigenvalue weighted by Crippen LogP contribution is -2.31. The lowest BCUT2D eigenvalue weighted by atomic mass is 9.93. The molecule has 0 radical (unpaired) electrons. The molecule has 3 aromatic rings. The summed E-state index contributed by atoms with van der Waals surface area (Å²) in [5.41, 5.74) is 5.10. The lowest BCUT2D eigenvalue weighted by molar-refractivity contribution is 0.100. The summed E-state index contributed by atoms with van der Waals surface area (Å²) in [5.74, 6) is 0.857. The average molecular weight is 277 g/mol. The van der Waals surface area contributed by atoms with Crippen molar-refractivity contribution in [2.45, 2.75) is 26.4 Å². The molecule has 3 heterocycles. The molecule has 4 nitrogen and oxygen atoms in total. The first kappa shape index (κ1) is 12.3. The van der Waals surface area contributed by atoms with Gasteiger partial charge in [-0.3, -0.25) is 4.98 Å². The first-order valence-corrected chi connectivity index (χ1v) is 6.97. The highest BCUT2D eigenvalue weighted by Crippen LogP contribution is 2.43. The smallest absolute Gasteiger partial charge is 0.147 e. The number of hydrogen-bond donors (Lipinski definition) is 0. The van der Waals surface area contributed by atoms with E-state index in [9.17, 15) is 0 Å². The van der Waals surface area contributed by atoms with Gasteiger partial charge in [0.1, 0.15) is 28.3 Å². The normalized spacial score (nSPS) is 15.2. The molecular weight excluding hydrogens is 262 g/mol. The average Bonchev–Trinajstić information content (AvgIpc) is 2.47. The van der Waals surface area contributed by atoms with E-state index in [1.807, 2.05) is 26.0 Å². The Morgan fingerprint density at radius 1 is 1.05 bits per heavy atom. The van der Waals surface area contributed by atoms with E-state index in [4.69, 9.17) is 14.7 Å². The van der Waals surface area contributed by atoms with Crippen molar-refractivity contribution in [3.63, 3.8) is 0 Å². The van der Waals surface area contributed by atoms with Gasteiger partial charge in [0.25, 0.3) is 0 Å². The third-order valence-corrected chi connectivity index (χ3v) is 3.79. The summed E-state index contributed by atoms with van der Waals surface area (Å²) >= 11 is 0. The molecule has 0 N–H and O–H groups in total. The quantitative estimate of drug-likeness (QED) is 0.629. The minimum absolute atomic E-state index is 0.498. The van der Waals surface area contributed by atoms with Crippen molar-refractivity contribution in [1.29, 1.82) is 0 Å². The summed E-state index contributed by atoms with van der Waals surface area (Å²) < 4.78 is 6.13. The lowest BCUT2D eigenvalue weighted by Gasteiger charge is -2.33. The van der Waals surface area contributed by atoms with E-state index < -0.39 is 5.60 Å². The number of benzene rings is 1. The standard InChI is InChI=1S/C17H15N3O/c1-10-4-5-14-11(8-10)15-16(17(2,3)21-14)20-12-6-7-18-9-13(12)19-15/h4-9H,1-3H3. The van der Waals surface area contributed by atoms with Gasteiger partial charge >= 0.3 is 0 Å². The first-order valence-electron chi connectivity index (χ1n) is 6.97. The van der Waals surface area contributed by atoms with Gasteiger partial charge in [0.2, 0.25) is 0 Å². The number of hydrogen-bond acceptors (Lipinski definition) is 4. The summed E-state index contributed by atoms with van der Waals surface area (Å²) in [4.78, 5) is 13.7. The maximum atomic E-state index is 6.13. The van der Waals surface area contributed by atoms with Crippen LogP contribution in [0.4, 0.5) is 0 Å². The van der Waals surface area contributed by atoms with Crippen LogP contribution in [0.15, 0.2) is 36.7 Å². The van der Waals surface area contributed by atoms with E-state index >= 15 is 0 Å². The van der Waals surface area contributed by atoms with Gasteiger partial charge in [0.15, 0.2) is 0 Å². The summed E-state index contributed by atoms with van der Waals surface area (Å²) in [6, 6.07) is 8.03. The Hall–Kier alpha value is -2.49. The zero-order chi connectivity index (χ0) is 14.6. The summed E-state index contributed by atoms with van der Waals surface area (Å²) in [5, 5.41) is 0. The topological polar surface area (TPSA) is 47.9 Å². The van der Waals surface area contributed by atoms with Crippen LogP contribution < -0.4 is 4.74 Å². The van der Waals surface area contributed by atoms with Crippen LogP contribution in [0.5, 0.6) is 5.75 Å². The Kier molecular flexibility index (Phi) is 2.34. The van der Waals surface area contributed by atoms with Crippen LogP contribution in [0.1, 0.15) is 25.1 Å². The number of pyridine rings is 1. The minimum Gasteiger partial charge on any atom is -0.481 e. The summed E-state index contributed by atoms with van der Waals surface area (Å²) in [6.07, 6.45) is 3.48. The molecule has 1 aliphatic heterocycles. The Morgan fingerprint density at radius 2 is 1.90 bits per heavy atom. The van der Waals surface area contributed by atoms with Crippen LogP contribution in [0.25, 0.3) is 22.3 Å². The largest absolute Gasteiger partial charge is 0.481 e. The Bertz CT molecular complexity index is 871. The molecule has 4 heteroatoms. The monoisotopic (exact) mass is 277 g/mol. The van der Waals surface area contributed by atoms with Crippen molar-refractivity contribution in [2.24, 2.45) is 0 Å². The van der Waals surface area contributed by atoms with Crippen LogP contribution >= 0.6 is 0 Å². The minimum atomic E-state index is -0.498. The van der Waals surface area contributed by atoms with Gasteiger partial charge in [-0.25, -0.2) is 9.97 Å². The highest BCUT2D eigenvalue weighted by atomic mass is 16.5. The fourth-order valence-electron chi connectivity index (χ4n) is 2.75. The third-order valence-electron chi connectivity index (χ3n) is 3.79. The van der Waals surface area contributed by atoms with Crippen molar-refractivity contribution < 1.29 is 4.74 Å². The Balaban J connectivity index is 2.10. The Morgan fingerprint density at radius 3 is 2.76 bits per heavy atom. The predicted octanol–water partition coefficient (Wildman–Crippen LogP) is 3.63. The maximum absolute atomic E-state index is 6.13. The number of nitrogens with zero attached hydrogens (tertiary/aromatic N) is 3. The summed E-state index contributed by atoms with van der Waals surface area (Å²) in [7, 11) is 0. The second-order valence-corrected chi connectivity index (χ2v) is 5.90.